The largest absolute Gasteiger partial charge is 0.246 e. The van der Waals surface area contributed by atoms with E-state index in [1.54, 1.807) is 11.3 Å². The Morgan fingerprint density at radius 1 is 0.283 bits per heavy atom. The van der Waals surface area contributed by atoms with Gasteiger partial charge in [-0.3, -0.25) is 0 Å². The number of pyridine rings is 1. The van der Waals surface area contributed by atoms with Gasteiger partial charge in [0.1, 0.15) is 0 Å². The molecule has 0 aliphatic carbocycles. The third-order valence-electron chi connectivity index (χ3n) is 11.3. The average molecular weight is 801 g/mol. The summed E-state index contributed by atoms with van der Waals surface area (Å²) in [5, 5.41) is 6.24. The molecular weight excluding hydrogens is 769 g/mol. The number of thiophene rings is 2. The average Bonchev–Trinajstić information content (AvgIpc) is 3.91. The highest BCUT2D eigenvalue weighted by Gasteiger charge is 2.19. The minimum absolute atomic E-state index is 0.612. The van der Waals surface area contributed by atoms with Gasteiger partial charge in [-0.15, -0.1) is 22.7 Å². The lowest BCUT2D eigenvalue weighted by atomic mass is 9.97. The molecule has 0 aliphatic rings. The number of fused-ring (bicyclic) bond motifs is 8. The number of hydrogen-bond donors (Lipinski definition) is 0. The first-order chi connectivity index (χ1) is 29.7. The van der Waals surface area contributed by atoms with Crippen molar-refractivity contribution in [1.82, 2.24) is 19.9 Å². The first-order valence-electron chi connectivity index (χ1n) is 20.0. The van der Waals surface area contributed by atoms with Crippen LogP contribution in [0.15, 0.2) is 194 Å². The lowest BCUT2D eigenvalue weighted by molar-refractivity contribution is 1.07. The first-order valence-corrected chi connectivity index (χ1v) is 21.6. The highest BCUT2D eigenvalue weighted by molar-refractivity contribution is 7.26. The number of aromatic nitrogens is 4. The van der Waals surface area contributed by atoms with Crippen LogP contribution in [0, 0.1) is 0 Å². The zero-order valence-corrected chi connectivity index (χ0v) is 33.7. The van der Waals surface area contributed by atoms with Gasteiger partial charge in [0.05, 0.1) is 15.9 Å². The van der Waals surface area contributed by atoms with Crippen LogP contribution in [0.5, 0.6) is 0 Å². The van der Waals surface area contributed by atoms with Gasteiger partial charge in [0, 0.05) is 63.3 Å². The molecule has 4 heterocycles. The van der Waals surface area contributed by atoms with Crippen LogP contribution in [0.3, 0.4) is 0 Å². The number of benzene rings is 8. The van der Waals surface area contributed by atoms with Gasteiger partial charge in [-0.2, -0.15) is 0 Å². The minimum atomic E-state index is 0.612. The predicted molar refractivity (Wildman–Crippen MR) is 254 cm³/mol. The Morgan fingerprint density at radius 2 is 0.783 bits per heavy atom. The highest BCUT2D eigenvalue weighted by atomic mass is 32.1. The zero-order valence-electron chi connectivity index (χ0n) is 32.1. The summed E-state index contributed by atoms with van der Waals surface area (Å²) >= 11 is 3.65. The van der Waals surface area contributed by atoms with Crippen molar-refractivity contribution in [3.8, 4) is 67.7 Å². The molecule has 280 valence electrons. The molecule has 12 rings (SSSR count). The van der Waals surface area contributed by atoms with Gasteiger partial charge in [0.2, 0.25) is 0 Å². The third-order valence-corrected chi connectivity index (χ3v) is 13.7. The molecule has 6 heteroatoms. The van der Waals surface area contributed by atoms with Gasteiger partial charge in [-0.1, -0.05) is 152 Å². The molecule has 60 heavy (non-hydrogen) atoms. The van der Waals surface area contributed by atoms with Crippen LogP contribution in [0.4, 0.5) is 0 Å². The number of hydrogen-bond acceptors (Lipinski definition) is 6. The second-order valence-electron chi connectivity index (χ2n) is 15.0. The summed E-state index contributed by atoms with van der Waals surface area (Å²) in [6.45, 7) is 0. The molecule has 0 saturated carbocycles. The smallest absolute Gasteiger partial charge is 0.164 e. The molecule has 0 saturated heterocycles. The molecular formula is C54H32N4S2. The van der Waals surface area contributed by atoms with E-state index in [-0.39, 0.29) is 0 Å². The van der Waals surface area contributed by atoms with E-state index in [0.29, 0.717) is 17.5 Å². The predicted octanol–water partition coefficient (Wildman–Crippen LogP) is 15.2. The topological polar surface area (TPSA) is 51.6 Å². The van der Waals surface area contributed by atoms with Gasteiger partial charge in [-0.25, -0.2) is 19.9 Å². The van der Waals surface area contributed by atoms with Gasteiger partial charge in [0.15, 0.2) is 17.5 Å². The fourth-order valence-electron chi connectivity index (χ4n) is 8.36. The van der Waals surface area contributed by atoms with Crippen LogP contribution in [0.2, 0.25) is 0 Å². The maximum absolute atomic E-state index is 5.44. The molecule has 0 N–H and O–H groups in total. The van der Waals surface area contributed by atoms with Crippen LogP contribution < -0.4 is 0 Å². The van der Waals surface area contributed by atoms with Crippen molar-refractivity contribution in [2.24, 2.45) is 0 Å². The molecule has 0 bridgehead atoms. The van der Waals surface area contributed by atoms with Crippen molar-refractivity contribution in [3.63, 3.8) is 0 Å². The molecule has 8 aromatic carbocycles. The molecule has 0 aliphatic heterocycles. The molecule has 12 aromatic rings. The molecule has 0 amide bonds. The lowest BCUT2D eigenvalue weighted by Crippen LogP contribution is -2.00. The Balaban J connectivity index is 0.996. The summed E-state index contributed by atoms with van der Waals surface area (Å²) in [7, 11) is 0. The lowest BCUT2D eigenvalue weighted by Gasteiger charge is -2.12. The summed E-state index contributed by atoms with van der Waals surface area (Å²) < 4.78 is 5.03. The highest BCUT2D eigenvalue weighted by Crippen LogP contribution is 2.44. The van der Waals surface area contributed by atoms with Crippen molar-refractivity contribution in [1.29, 1.82) is 0 Å². The maximum atomic E-state index is 5.44. The van der Waals surface area contributed by atoms with E-state index in [9.17, 15) is 0 Å². The molecule has 4 aromatic heterocycles. The summed E-state index contributed by atoms with van der Waals surface area (Å²) in [4.78, 5) is 20.6. The van der Waals surface area contributed by atoms with Crippen molar-refractivity contribution in [2.75, 3.05) is 0 Å². The van der Waals surface area contributed by atoms with Crippen LogP contribution in [0.25, 0.3) is 119 Å². The second kappa shape index (κ2) is 14.2. The van der Waals surface area contributed by atoms with Crippen molar-refractivity contribution in [3.05, 3.63) is 194 Å². The summed E-state index contributed by atoms with van der Waals surface area (Å²) in [6.07, 6.45) is 0. The molecule has 0 radical (unpaired) electrons. The van der Waals surface area contributed by atoms with Gasteiger partial charge in [0.25, 0.3) is 0 Å². The van der Waals surface area contributed by atoms with E-state index in [1.165, 1.54) is 52.3 Å². The van der Waals surface area contributed by atoms with Crippen LogP contribution in [0.1, 0.15) is 0 Å². The number of rotatable bonds is 6. The van der Waals surface area contributed by atoms with Crippen LogP contribution >= 0.6 is 22.7 Å². The van der Waals surface area contributed by atoms with Crippen LogP contribution in [-0.2, 0) is 0 Å². The Morgan fingerprint density at radius 3 is 1.53 bits per heavy atom. The van der Waals surface area contributed by atoms with Gasteiger partial charge in [-0.05, 0) is 64.7 Å². The van der Waals surface area contributed by atoms with Crippen molar-refractivity contribution in [2.45, 2.75) is 0 Å². The molecule has 0 fully saturated rings. The molecule has 4 nitrogen and oxygen atoms in total. The van der Waals surface area contributed by atoms with E-state index in [1.807, 2.05) is 47.7 Å². The molecule has 0 atom stereocenters. The fourth-order valence-corrected chi connectivity index (χ4v) is 10.7. The Bertz CT molecular complexity index is 3590. The zero-order chi connectivity index (χ0) is 39.6. The quantitative estimate of drug-likeness (QED) is 0.168. The van der Waals surface area contributed by atoms with E-state index in [4.69, 9.17) is 19.9 Å². The molecule has 0 unspecified atom stereocenters. The van der Waals surface area contributed by atoms with Crippen molar-refractivity contribution < 1.29 is 0 Å². The SMILES string of the molecule is c1ccc(-c2ccc(-c3nc(-c4ccccc4)nc(-c4cccc(-c5nc6ccc(-c7ccc8sc9ccccc9c8c7)cc6c6c5sc5ccccc56)c4)n3)cc2)cc1. The minimum Gasteiger partial charge on any atom is -0.246 e. The van der Waals surface area contributed by atoms with E-state index in [2.05, 4.69) is 158 Å². The van der Waals surface area contributed by atoms with E-state index < -0.39 is 0 Å². The first kappa shape index (κ1) is 34.6. The molecule has 0 spiro atoms. The van der Waals surface area contributed by atoms with Gasteiger partial charge < -0.3 is 0 Å². The summed E-state index contributed by atoms with van der Waals surface area (Å²) in [6, 6.07) is 68.5. The summed E-state index contributed by atoms with van der Waals surface area (Å²) in [5.41, 5.74) is 10.4. The van der Waals surface area contributed by atoms with E-state index in [0.717, 1.165) is 49.1 Å². The Labute approximate surface area is 353 Å². The monoisotopic (exact) mass is 800 g/mol. The van der Waals surface area contributed by atoms with Crippen molar-refractivity contribution >= 4 is 73.9 Å². The summed E-state index contributed by atoms with van der Waals surface area (Å²) in [5.74, 6) is 1.87. The number of nitrogens with zero attached hydrogens (tertiary/aromatic N) is 4. The second-order valence-corrected chi connectivity index (χ2v) is 17.1. The standard InChI is InChI=1S/C54H32N4S2/c1-3-12-33(13-4-1)34-22-24-36(25-23-34)53-56-52(35-14-5-2-6-15-35)57-54(58-53)40-17-11-16-39(30-40)50-51-49(42-19-8-10-21-47(42)60-51)44-32-37(26-28-45(44)55-50)38-27-29-48-43(31-38)41-18-7-9-20-46(41)59-48/h1-32H. The maximum Gasteiger partial charge on any atom is 0.164 e. The van der Waals surface area contributed by atoms with Gasteiger partial charge >= 0.3 is 0 Å². The van der Waals surface area contributed by atoms with Crippen LogP contribution in [-0.4, -0.2) is 19.9 Å². The normalized spacial score (nSPS) is 11.7. The Hall–Kier alpha value is -7.38. The fraction of sp³-hybridized carbons (Fsp3) is 0. The third kappa shape index (κ3) is 5.96. The Kier molecular flexibility index (Phi) is 8.18. The van der Waals surface area contributed by atoms with E-state index >= 15 is 0 Å².